The summed E-state index contributed by atoms with van der Waals surface area (Å²) in [5, 5.41) is 1.41. The molecule has 1 unspecified atom stereocenters. The van der Waals surface area contributed by atoms with Gasteiger partial charge in [0.15, 0.2) is 12.2 Å². The number of para-hydroxylation sites is 1. The van der Waals surface area contributed by atoms with Gasteiger partial charge in [0.2, 0.25) is 0 Å². The number of nitrogens with zero attached hydrogens (tertiary/aromatic N) is 3. The van der Waals surface area contributed by atoms with Crippen molar-refractivity contribution in [2.24, 2.45) is 5.41 Å². The number of fused-ring (bicyclic) bond motifs is 3. The molecule has 0 N–H and O–H groups in total. The maximum absolute atomic E-state index is 5.79. The molecule has 6 rings (SSSR count). The van der Waals surface area contributed by atoms with E-state index in [9.17, 15) is 0 Å². The quantitative estimate of drug-likeness (QED) is 0.679. The van der Waals surface area contributed by atoms with Gasteiger partial charge in [-0.1, -0.05) is 25.1 Å². The molecule has 0 radical (unpaired) electrons. The first kappa shape index (κ1) is 14.8. The number of oxazole rings is 1. The van der Waals surface area contributed by atoms with Crippen LogP contribution in [0.2, 0.25) is 0 Å². The van der Waals surface area contributed by atoms with Crippen LogP contribution in [-0.4, -0.2) is 27.5 Å². The van der Waals surface area contributed by atoms with Crippen LogP contribution in [0.25, 0.3) is 16.6 Å². The van der Waals surface area contributed by atoms with E-state index >= 15 is 0 Å². The van der Waals surface area contributed by atoms with Crippen LogP contribution in [0.15, 0.2) is 47.3 Å². The fourth-order valence-electron chi connectivity index (χ4n) is 5.80. The Bertz CT molecular complexity index is 1030. The van der Waals surface area contributed by atoms with E-state index in [1.165, 1.54) is 48.2 Å². The van der Waals surface area contributed by atoms with Crippen molar-refractivity contribution in [1.82, 2.24) is 14.5 Å². The van der Waals surface area contributed by atoms with Crippen molar-refractivity contribution in [1.29, 1.82) is 0 Å². The summed E-state index contributed by atoms with van der Waals surface area (Å²) in [6, 6.07) is 9.35. The summed E-state index contributed by atoms with van der Waals surface area (Å²) in [7, 11) is 0. The fraction of sp³-hybridized carbons (Fsp3) is 0.409. The molecule has 0 aliphatic carbocycles. The van der Waals surface area contributed by atoms with Gasteiger partial charge in [0.25, 0.3) is 0 Å². The van der Waals surface area contributed by atoms with Crippen molar-refractivity contribution in [2.75, 3.05) is 13.1 Å². The molecule has 26 heavy (non-hydrogen) atoms. The van der Waals surface area contributed by atoms with E-state index in [0.29, 0.717) is 6.04 Å². The van der Waals surface area contributed by atoms with Crippen LogP contribution >= 0.6 is 0 Å². The summed E-state index contributed by atoms with van der Waals surface area (Å²) >= 11 is 0. The maximum atomic E-state index is 5.79. The van der Waals surface area contributed by atoms with Crippen LogP contribution in [0.4, 0.5) is 0 Å². The Hall–Kier alpha value is -2.33. The van der Waals surface area contributed by atoms with Gasteiger partial charge < -0.3 is 8.98 Å². The largest absolute Gasteiger partial charge is 0.442 e. The molecule has 3 aromatic rings. The molecule has 0 bridgehead atoms. The Morgan fingerprint density at radius 3 is 3.04 bits per heavy atom. The molecule has 1 fully saturated rings. The third kappa shape index (κ3) is 1.71. The van der Waals surface area contributed by atoms with Crippen molar-refractivity contribution in [2.45, 2.75) is 38.6 Å². The summed E-state index contributed by atoms with van der Waals surface area (Å²) in [6.07, 6.45) is 10.8. The molecule has 1 saturated heterocycles. The van der Waals surface area contributed by atoms with E-state index in [4.69, 9.17) is 4.42 Å². The summed E-state index contributed by atoms with van der Waals surface area (Å²) in [4.78, 5) is 6.94. The summed E-state index contributed by atoms with van der Waals surface area (Å²) < 4.78 is 8.26. The predicted molar refractivity (Wildman–Crippen MR) is 102 cm³/mol. The summed E-state index contributed by atoms with van der Waals surface area (Å²) in [6.45, 7) is 4.75. The van der Waals surface area contributed by atoms with Crippen molar-refractivity contribution in [3.8, 4) is 0 Å². The van der Waals surface area contributed by atoms with Crippen molar-refractivity contribution >= 4 is 16.6 Å². The molecule has 4 nitrogen and oxygen atoms in total. The maximum Gasteiger partial charge on any atom is 0.181 e. The summed E-state index contributed by atoms with van der Waals surface area (Å²) in [5.41, 5.74) is 5.73. The van der Waals surface area contributed by atoms with E-state index in [-0.39, 0.29) is 5.41 Å². The lowest BCUT2D eigenvalue weighted by molar-refractivity contribution is 0.0270. The molecule has 1 aromatic carbocycles. The Labute approximate surface area is 153 Å². The fourth-order valence-corrected chi connectivity index (χ4v) is 5.80. The zero-order valence-corrected chi connectivity index (χ0v) is 15.1. The first-order valence-corrected chi connectivity index (χ1v) is 9.81. The predicted octanol–water partition coefficient (Wildman–Crippen LogP) is 4.62. The van der Waals surface area contributed by atoms with Crippen LogP contribution < -0.4 is 0 Å². The van der Waals surface area contributed by atoms with Crippen LogP contribution in [0, 0.1) is 5.41 Å². The van der Waals surface area contributed by atoms with Gasteiger partial charge in [-0.2, -0.15) is 0 Å². The molecule has 132 valence electrons. The highest BCUT2D eigenvalue weighted by Crippen LogP contribution is 2.57. The first-order valence-electron chi connectivity index (χ1n) is 9.81. The SMILES string of the molecule is CCC12C=C(c3cnco3)n3c4c(c5ccccc53)CCN(CCC1)[C@H]42. The third-order valence-electron chi connectivity index (χ3n) is 6.93. The number of hydrogen-bond acceptors (Lipinski definition) is 3. The van der Waals surface area contributed by atoms with Crippen LogP contribution in [0.5, 0.6) is 0 Å². The van der Waals surface area contributed by atoms with Crippen molar-refractivity contribution in [3.63, 3.8) is 0 Å². The minimum absolute atomic E-state index is 0.194. The van der Waals surface area contributed by atoms with E-state index < -0.39 is 0 Å². The van der Waals surface area contributed by atoms with E-state index in [1.807, 2.05) is 6.20 Å². The van der Waals surface area contributed by atoms with Crippen LogP contribution in [-0.2, 0) is 6.42 Å². The molecule has 2 atom stereocenters. The second-order valence-corrected chi connectivity index (χ2v) is 7.99. The third-order valence-corrected chi connectivity index (χ3v) is 6.93. The highest BCUT2D eigenvalue weighted by atomic mass is 16.3. The zero-order chi connectivity index (χ0) is 17.3. The number of benzene rings is 1. The number of aromatic nitrogens is 2. The van der Waals surface area contributed by atoms with E-state index in [0.717, 1.165) is 18.6 Å². The molecule has 5 heterocycles. The van der Waals surface area contributed by atoms with Gasteiger partial charge >= 0.3 is 0 Å². The Balaban J connectivity index is 1.75. The van der Waals surface area contributed by atoms with Gasteiger partial charge in [0.05, 0.1) is 23.5 Å². The number of piperidine rings is 1. The molecule has 0 saturated carbocycles. The highest BCUT2D eigenvalue weighted by molar-refractivity contribution is 5.91. The standard InChI is InChI=1S/C22H23N3O/c1-2-22-9-5-10-24-11-8-16-15-6-3-4-7-17(15)25(20(16)21(22)24)18(12-22)19-13-23-14-26-19/h3-4,6-7,12-14,21H,2,5,8-11H2,1H3/t21-,22?/m1/s1. The highest BCUT2D eigenvalue weighted by Gasteiger charge is 2.50. The van der Waals surface area contributed by atoms with Gasteiger partial charge in [0, 0.05) is 23.0 Å². The molecular weight excluding hydrogens is 322 g/mol. The molecular formula is C22H23N3O. The van der Waals surface area contributed by atoms with Gasteiger partial charge in [-0.15, -0.1) is 0 Å². The second kappa shape index (κ2) is 5.10. The smallest absolute Gasteiger partial charge is 0.181 e. The van der Waals surface area contributed by atoms with Crippen LogP contribution in [0.3, 0.4) is 0 Å². The van der Waals surface area contributed by atoms with Crippen molar-refractivity contribution in [3.05, 3.63) is 59.9 Å². The van der Waals surface area contributed by atoms with Gasteiger partial charge in [-0.25, -0.2) is 4.98 Å². The van der Waals surface area contributed by atoms with Gasteiger partial charge in [-0.3, -0.25) is 4.90 Å². The van der Waals surface area contributed by atoms with Gasteiger partial charge in [-0.05, 0) is 49.9 Å². The van der Waals surface area contributed by atoms with Crippen molar-refractivity contribution < 1.29 is 4.42 Å². The average molecular weight is 345 g/mol. The molecule has 3 aliphatic rings. The lowest BCUT2D eigenvalue weighted by atomic mass is 9.66. The minimum atomic E-state index is 0.194. The lowest BCUT2D eigenvalue weighted by Crippen LogP contribution is -2.50. The van der Waals surface area contributed by atoms with E-state index in [2.05, 4.69) is 51.7 Å². The molecule has 0 amide bonds. The number of rotatable bonds is 2. The molecule has 3 aliphatic heterocycles. The monoisotopic (exact) mass is 345 g/mol. The Kier molecular flexibility index (Phi) is 2.91. The second-order valence-electron chi connectivity index (χ2n) is 7.99. The molecule has 2 aromatic heterocycles. The first-order chi connectivity index (χ1) is 12.8. The normalized spacial score (nSPS) is 27.4. The molecule has 4 heteroatoms. The van der Waals surface area contributed by atoms with E-state index in [1.54, 1.807) is 12.0 Å². The minimum Gasteiger partial charge on any atom is -0.442 e. The van der Waals surface area contributed by atoms with Gasteiger partial charge in [0.1, 0.15) is 0 Å². The Morgan fingerprint density at radius 2 is 2.19 bits per heavy atom. The average Bonchev–Trinajstić information content (AvgIpc) is 3.33. The number of hydrogen-bond donors (Lipinski definition) is 0. The summed E-state index contributed by atoms with van der Waals surface area (Å²) in [5.74, 6) is 0.877. The zero-order valence-electron chi connectivity index (χ0n) is 15.1. The lowest BCUT2D eigenvalue weighted by Gasteiger charge is -2.53. The molecule has 0 spiro atoms. The Morgan fingerprint density at radius 1 is 1.27 bits per heavy atom. The van der Waals surface area contributed by atoms with Crippen LogP contribution in [0.1, 0.15) is 49.2 Å². The topological polar surface area (TPSA) is 34.2 Å².